The van der Waals surface area contributed by atoms with Gasteiger partial charge in [0.1, 0.15) is 5.82 Å². The molecular formula is C19H21N5O3. The Hall–Kier alpha value is -3.16. The van der Waals surface area contributed by atoms with E-state index >= 15 is 0 Å². The highest BCUT2D eigenvalue weighted by Gasteiger charge is 2.25. The second-order valence-corrected chi connectivity index (χ2v) is 7.05. The van der Waals surface area contributed by atoms with E-state index < -0.39 is 11.1 Å². The number of H-pyrrole nitrogens is 2. The minimum Gasteiger partial charge on any atom is -0.338 e. The molecule has 1 aliphatic rings. The summed E-state index contributed by atoms with van der Waals surface area (Å²) in [5.41, 5.74) is 0.0389. The molecule has 3 aromatic rings. The quantitative estimate of drug-likeness (QED) is 0.680. The average Bonchev–Trinajstić information content (AvgIpc) is 3.06. The van der Waals surface area contributed by atoms with E-state index in [1.54, 1.807) is 24.4 Å². The summed E-state index contributed by atoms with van der Waals surface area (Å²) >= 11 is 0. The van der Waals surface area contributed by atoms with Gasteiger partial charge >= 0.3 is 11.1 Å². The van der Waals surface area contributed by atoms with Crippen LogP contribution in [-0.2, 0) is 6.54 Å². The van der Waals surface area contributed by atoms with Gasteiger partial charge in [-0.2, -0.15) is 0 Å². The van der Waals surface area contributed by atoms with Gasteiger partial charge < -0.3 is 19.4 Å². The van der Waals surface area contributed by atoms with E-state index in [1.807, 2.05) is 18.0 Å². The molecule has 1 saturated heterocycles. The molecule has 0 unspecified atom stereocenters. The van der Waals surface area contributed by atoms with Crippen molar-refractivity contribution in [3.63, 3.8) is 0 Å². The second-order valence-electron chi connectivity index (χ2n) is 7.05. The van der Waals surface area contributed by atoms with Crippen LogP contribution in [0.4, 0.5) is 0 Å². The van der Waals surface area contributed by atoms with Crippen molar-refractivity contribution in [2.24, 2.45) is 5.92 Å². The molecule has 8 heteroatoms. The van der Waals surface area contributed by atoms with Crippen molar-refractivity contribution >= 4 is 16.9 Å². The molecule has 27 heavy (non-hydrogen) atoms. The number of benzene rings is 1. The van der Waals surface area contributed by atoms with Gasteiger partial charge in [-0.15, -0.1) is 0 Å². The lowest BCUT2D eigenvalue weighted by atomic mass is 9.97. The van der Waals surface area contributed by atoms with E-state index in [9.17, 15) is 14.4 Å². The second kappa shape index (κ2) is 6.86. The predicted molar refractivity (Wildman–Crippen MR) is 101 cm³/mol. The standard InChI is InChI=1S/C19H21N5O3/c1-12-20-6-8-23(12)10-13-3-2-7-24(11-13)19(27)14-4-5-15-16(9-14)22-18(26)17(25)21-15/h4-6,8-9,13H,2-3,7,10-11H2,1H3,(H,21,25)(H,22,26)/t13-/m1/s1. The number of likely N-dealkylation sites (tertiary alicyclic amines) is 1. The first-order valence-electron chi connectivity index (χ1n) is 9.04. The summed E-state index contributed by atoms with van der Waals surface area (Å²) in [6.45, 7) is 4.24. The highest BCUT2D eigenvalue weighted by atomic mass is 16.2. The lowest BCUT2D eigenvalue weighted by Crippen LogP contribution is -2.41. The number of rotatable bonds is 3. The van der Waals surface area contributed by atoms with Crippen LogP contribution < -0.4 is 11.1 Å². The van der Waals surface area contributed by atoms with Crippen LogP contribution in [0.25, 0.3) is 11.0 Å². The molecule has 140 valence electrons. The summed E-state index contributed by atoms with van der Waals surface area (Å²) in [7, 11) is 0. The predicted octanol–water partition coefficient (Wildman–Crippen LogP) is 1.27. The van der Waals surface area contributed by atoms with Crippen LogP contribution >= 0.6 is 0 Å². The molecule has 4 rings (SSSR count). The van der Waals surface area contributed by atoms with Gasteiger partial charge in [0.2, 0.25) is 0 Å². The molecule has 8 nitrogen and oxygen atoms in total. The molecule has 1 aromatic carbocycles. The Labute approximate surface area is 154 Å². The van der Waals surface area contributed by atoms with Crippen LogP contribution in [0.1, 0.15) is 29.0 Å². The number of aromatic amines is 2. The van der Waals surface area contributed by atoms with Crippen LogP contribution in [0.2, 0.25) is 0 Å². The number of fused-ring (bicyclic) bond motifs is 1. The Balaban J connectivity index is 1.54. The fourth-order valence-electron chi connectivity index (χ4n) is 3.70. The van der Waals surface area contributed by atoms with Gasteiger partial charge in [0.25, 0.3) is 5.91 Å². The molecule has 0 spiro atoms. The molecule has 0 saturated carbocycles. The average molecular weight is 367 g/mol. The van der Waals surface area contributed by atoms with Gasteiger partial charge in [-0.3, -0.25) is 14.4 Å². The van der Waals surface area contributed by atoms with Crippen molar-refractivity contribution in [1.29, 1.82) is 0 Å². The SMILES string of the molecule is Cc1nccn1C[C@H]1CCCN(C(=O)c2ccc3[nH]c(=O)c(=O)[nH]c3c2)C1. The fraction of sp³-hybridized carbons (Fsp3) is 0.368. The Kier molecular flexibility index (Phi) is 4.39. The number of carbonyl (C=O) groups is 1. The van der Waals surface area contributed by atoms with Gasteiger partial charge in [-0.05, 0) is 43.9 Å². The summed E-state index contributed by atoms with van der Waals surface area (Å²) in [5, 5.41) is 0. The minimum absolute atomic E-state index is 0.0593. The Morgan fingerprint density at radius 1 is 1.22 bits per heavy atom. The zero-order valence-corrected chi connectivity index (χ0v) is 15.1. The summed E-state index contributed by atoms with van der Waals surface area (Å²) < 4.78 is 2.12. The molecule has 0 aliphatic carbocycles. The number of imidazole rings is 1. The van der Waals surface area contributed by atoms with E-state index in [4.69, 9.17) is 0 Å². The van der Waals surface area contributed by atoms with Crippen LogP contribution in [0, 0.1) is 12.8 Å². The van der Waals surface area contributed by atoms with Gasteiger partial charge in [0, 0.05) is 37.6 Å². The first kappa shape index (κ1) is 17.3. The number of nitrogens with zero attached hydrogens (tertiary/aromatic N) is 3. The molecule has 0 bridgehead atoms. The highest BCUT2D eigenvalue weighted by molar-refractivity contribution is 5.97. The Morgan fingerprint density at radius 2 is 2.00 bits per heavy atom. The maximum absolute atomic E-state index is 13.0. The largest absolute Gasteiger partial charge is 0.338 e. The normalized spacial score (nSPS) is 17.4. The number of aryl methyl sites for hydroxylation is 1. The number of hydrogen-bond acceptors (Lipinski definition) is 4. The van der Waals surface area contributed by atoms with E-state index in [1.165, 1.54) is 0 Å². The van der Waals surface area contributed by atoms with Gasteiger partial charge in [0.05, 0.1) is 11.0 Å². The first-order valence-corrected chi connectivity index (χ1v) is 9.04. The number of amides is 1. The van der Waals surface area contributed by atoms with E-state index in [0.29, 0.717) is 29.1 Å². The maximum atomic E-state index is 13.0. The van der Waals surface area contributed by atoms with Crippen molar-refractivity contribution in [2.45, 2.75) is 26.3 Å². The van der Waals surface area contributed by atoms with Crippen molar-refractivity contribution < 1.29 is 4.79 Å². The summed E-state index contributed by atoms with van der Waals surface area (Å²) in [4.78, 5) is 47.0. The fourth-order valence-corrected chi connectivity index (χ4v) is 3.70. The van der Waals surface area contributed by atoms with Crippen LogP contribution in [-0.4, -0.2) is 43.4 Å². The first-order chi connectivity index (χ1) is 13.0. The number of carbonyl (C=O) groups excluding carboxylic acids is 1. The molecule has 1 amide bonds. The molecule has 0 radical (unpaired) electrons. The molecule has 2 N–H and O–H groups in total. The van der Waals surface area contributed by atoms with E-state index in [0.717, 1.165) is 31.8 Å². The summed E-state index contributed by atoms with van der Waals surface area (Å²) in [5.74, 6) is 1.30. The molecule has 1 aliphatic heterocycles. The number of hydrogen-bond donors (Lipinski definition) is 2. The summed E-state index contributed by atoms with van der Waals surface area (Å²) in [6.07, 6.45) is 5.80. The third kappa shape index (κ3) is 3.42. The Bertz CT molecular complexity index is 1110. The zero-order chi connectivity index (χ0) is 19.0. The molecular weight excluding hydrogens is 346 g/mol. The van der Waals surface area contributed by atoms with Crippen molar-refractivity contribution in [1.82, 2.24) is 24.4 Å². The van der Waals surface area contributed by atoms with Gasteiger partial charge in [0.15, 0.2) is 0 Å². The number of aromatic nitrogens is 4. The van der Waals surface area contributed by atoms with Crippen LogP contribution in [0.3, 0.4) is 0 Å². The Morgan fingerprint density at radius 3 is 2.74 bits per heavy atom. The molecule has 3 heterocycles. The smallest absolute Gasteiger partial charge is 0.314 e. The molecule has 1 atom stereocenters. The molecule has 1 fully saturated rings. The summed E-state index contributed by atoms with van der Waals surface area (Å²) in [6, 6.07) is 4.96. The molecule has 2 aromatic heterocycles. The minimum atomic E-state index is -0.721. The van der Waals surface area contributed by atoms with Crippen molar-refractivity contribution in [3.05, 3.63) is 62.7 Å². The third-order valence-corrected chi connectivity index (χ3v) is 5.15. The highest BCUT2D eigenvalue weighted by Crippen LogP contribution is 2.21. The van der Waals surface area contributed by atoms with Gasteiger partial charge in [-0.25, -0.2) is 4.98 Å². The third-order valence-electron chi connectivity index (χ3n) is 5.15. The van der Waals surface area contributed by atoms with Crippen LogP contribution in [0.15, 0.2) is 40.2 Å². The van der Waals surface area contributed by atoms with Crippen molar-refractivity contribution in [3.8, 4) is 0 Å². The van der Waals surface area contributed by atoms with E-state index in [2.05, 4.69) is 19.5 Å². The van der Waals surface area contributed by atoms with E-state index in [-0.39, 0.29) is 5.91 Å². The lowest BCUT2D eigenvalue weighted by molar-refractivity contribution is 0.0662. The zero-order valence-electron chi connectivity index (χ0n) is 15.1. The lowest BCUT2D eigenvalue weighted by Gasteiger charge is -2.33. The number of nitrogens with one attached hydrogen (secondary N) is 2. The topological polar surface area (TPSA) is 104 Å². The van der Waals surface area contributed by atoms with Gasteiger partial charge in [-0.1, -0.05) is 0 Å². The van der Waals surface area contributed by atoms with Crippen LogP contribution in [0.5, 0.6) is 0 Å². The van der Waals surface area contributed by atoms with Crippen molar-refractivity contribution in [2.75, 3.05) is 13.1 Å². The monoisotopic (exact) mass is 367 g/mol. The number of piperidine rings is 1. The maximum Gasteiger partial charge on any atom is 0.314 e.